The van der Waals surface area contributed by atoms with Crippen LogP contribution in [0, 0.1) is 0 Å². The minimum atomic E-state index is -0.161. The van der Waals surface area contributed by atoms with Crippen molar-refractivity contribution in [2.24, 2.45) is 0 Å². The van der Waals surface area contributed by atoms with Gasteiger partial charge in [0.15, 0.2) is 0 Å². The highest BCUT2D eigenvalue weighted by Gasteiger charge is 2.11. The topological polar surface area (TPSA) is 47.6 Å². The molecule has 2 aromatic carbocycles. The molecule has 0 saturated heterocycles. The number of ether oxygens (including phenoxy) is 2. The number of halogens is 1. The average Bonchev–Trinajstić information content (AvgIpc) is 2.54. The molecule has 0 radical (unpaired) electrons. The summed E-state index contributed by atoms with van der Waals surface area (Å²) in [4.78, 5) is 12.1. The van der Waals surface area contributed by atoms with E-state index in [0.717, 1.165) is 0 Å². The van der Waals surface area contributed by atoms with Gasteiger partial charge in [0.25, 0.3) is 5.91 Å². The Morgan fingerprint density at radius 2 is 1.91 bits per heavy atom. The van der Waals surface area contributed by atoms with Crippen LogP contribution in [0.2, 0.25) is 5.02 Å². The maximum atomic E-state index is 12.1. The summed E-state index contributed by atoms with van der Waals surface area (Å²) in [6.07, 6.45) is 0. The molecule has 4 nitrogen and oxygen atoms in total. The average molecular weight is 320 g/mol. The maximum absolute atomic E-state index is 12.1. The smallest absolute Gasteiger partial charge is 0.251 e. The van der Waals surface area contributed by atoms with Gasteiger partial charge in [-0.1, -0.05) is 17.7 Å². The molecule has 116 valence electrons. The van der Waals surface area contributed by atoms with Gasteiger partial charge in [0.2, 0.25) is 0 Å². The van der Waals surface area contributed by atoms with Crippen LogP contribution in [0.5, 0.6) is 11.5 Å². The molecule has 0 bridgehead atoms. The van der Waals surface area contributed by atoms with Crippen LogP contribution in [0.25, 0.3) is 0 Å². The summed E-state index contributed by atoms with van der Waals surface area (Å²) in [5.74, 6) is 1.20. The first-order chi connectivity index (χ1) is 10.6. The van der Waals surface area contributed by atoms with E-state index in [4.69, 9.17) is 21.1 Å². The van der Waals surface area contributed by atoms with Crippen LogP contribution in [-0.4, -0.2) is 25.7 Å². The molecule has 5 heteroatoms. The molecule has 22 heavy (non-hydrogen) atoms. The highest BCUT2D eigenvalue weighted by atomic mass is 35.5. The number of methoxy groups -OCH3 is 1. The number of carbonyl (C=O) groups is 1. The fourth-order valence-electron chi connectivity index (χ4n) is 1.87. The zero-order valence-corrected chi connectivity index (χ0v) is 13.3. The molecule has 0 saturated carbocycles. The van der Waals surface area contributed by atoms with E-state index in [1.165, 1.54) is 0 Å². The first kappa shape index (κ1) is 16.2. The van der Waals surface area contributed by atoms with Crippen molar-refractivity contribution < 1.29 is 14.3 Å². The molecule has 2 aromatic rings. The van der Waals surface area contributed by atoms with Gasteiger partial charge < -0.3 is 14.8 Å². The molecule has 1 amide bonds. The van der Waals surface area contributed by atoms with Gasteiger partial charge in [0.05, 0.1) is 13.2 Å². The van der Waals surface area contributed by atoms with Crippen molar-refractivity contribution >= 4 is 17.5 Å². The molecular weight excluding hydrogens is 302 g/mol. The molecule has 0 aliphatic carbocycles. The summed E-state index contributed by atoms with van der Waals surface area (Å²) in [7, 11) is 1.57. The lowest BCUT2D eigenvalue weighted by molar-refractivity contribution is 0.0926. The number of benzene rings is 2. The zero-order valence-electron chi connectivity index (χ0n) is 12.5. The third kappa shape index (κ3) is 4.67. The van der Waals surface area contributed by atoms with E-state index in [9.17, 15) is 4.79 Å². The van der Waals surface area contributed by atoms with E-state index in [1.807, 2.05) is 6.92 Å². The molecule has 0 aromatic heterocycles. The third-order valence-electron chi connectivity index (χ3n) is 3.02. The van der Waals surface area contributed by atoms with Gasteiger partial charge in [-0.05, 0) is 49.4 Å². The second kappa shape index (κ2) is 7.71. The predicted octanol–water partition coefficient (Wildman–Crippen LogP) is 3.55. The Balaban J connectivity index is 1.86. The molecule has 0 spiro atoms. The summed E-state index contributed by atoms with van der Waals surface area (Å²) in [6, 6.07) is 14.0. The molecule has 1 atom stereocenters. The van der Waals surface area contributed by atoms with E-state index >= 15 is 0 Å². The van der Waals surface area contributed by atoms with Crippen LogP contribution < -0.4 is 14.8 Å². The fourth-order valence-corrected chi connectivity index (χ4v) is 1.99. The van der Waals surface area contributed by atoms with Gasteiger partial charge in [-0.2, -0.15) is 0 Å². The number of nitrogens with one attached hydrogen (secondary N) is 1. The van der Waals surface area contributed by atoms with Crippen molar-refractivity contribution in [1.82, 2.24) is 5.32 Å². The fraction of sp³-hybridized carbons (Fsp3) is 0.235. The Labute approximate surface area is 135 Å². The van der Waals surface area contributed by atoms with Gasteiger partial charge in [0.1, 0.15) is 18.1 Å². The molecule has 2 rings (SSSR count). The van der Waals surface area contributed by atoms with Crippen molar-refractivity contribution in [3.63, 3.8) is 0 Å². The molecule has 1 N–H and O–H groups in total. The Morgan fingerprint density at radius 3 is 2.59 bits per heavy atom. The predicted molar refractivity (Wildman–Crippen MR) is 86.9 cm³/mol. The Bertz CT molecular complexity index is 628. The number of hydrogen-bond acceptors (Lipinski definition) is 3. The van der Waals surface area contributed by atoms with Crippen molar-refractivity contribution in [3.05, 3.63) is 59.1 Å². The van der Waals surface area contributed by atoms with Crippen molar-refractivity contribution in [2.45, 2.75) is 13.0 Å². The molecule has 0 aliphatic rings. The van der Waals surface area contributed by atoms with Crippen molar-refractivity contribution in [3.8, 4) is 11.5 Å². The Morgan fingerprint density at radius 1 is 1.18 bits per heavy atom. The number of rotatable bonds is 6. The lowest BCUT2D eigenvalue weighted by Crippen LogP contribution is -2.36. The summed E-state index contributed by atoms with van der Waals surface area (Å²) in [6.45, 7) is 2.26. The normalized spacial score (nSPS) is 11.6. The Kier molecular flexibility index (Phi) is 5.67. The second-order valence-electron chi connectivity index (χ2n) is 4.87. The van der Waals surface area contributed by atoms with Crippen molar-refractivity contribution in [1.29, 1.82) is 0 Å². The maximum Gasteiger partial charge on any atom is 0.251 e. The van der Waals surface area contributed by atoms with Gasteiger partial charge in [-0.15, -0.1) is 0 Å². The van der Waals surface area contributed by atoms with Crippen LogP contribution >= 0.6 is 11.6 Å². The number of amides is 1. The molecule has 0 heterocycles. The lowest BCUT2D eigenvalue weighted by atomic mass is 10.2. The van der Waals surface area contributed by atoms with E-state index in [-0.39, 0.29) is 11.9 Å². The molecule has 0 aliphatic heterocycles. The van der Waals surface area contributed by atoms with E-state index in [2.05, 4.69) is 5.32 Å². The quantitative estimate of drug-likeness (QED) is 0.885. The minimum absolute atomic E-state index is 0.130. The van der Waals surface area contributed by atoms with Gasteiger partial charge in [0, 0.05) is 10.6 Å². The van der Waals surface area contributed by atoms with Crippen LogP contribution in [0.4, 0.5) is 0 Å². The second-order valence-corrected chi connectivity index (χ2v) is 5.31. The Hall–Kier alpha value is -2.20. The first-order valence-corrected chi connectivity index (χ1v) is 7.29. The lowest BCUT2D eigenvalue weighted by Gasteiger charge is -2.15. The number of hydrogen-bond donors (Lipinski definition) is 1. The summed E-state index contributed by atoms with van der Waals surface area (Å²) < 4.78 is 10.7. The zero-order chi connectivity index (χ0) is 15.9. The number of carbonyl (C=O) groups excluding carboxylic acids is 1. The van der Waals surface area contributed by atoms with Crippen LogP contribution in [0.3, 0.4) is 0 Å². The van der Waals surface area contributed by atoms with Gasteiger partial charge in [-0.3, -0.25) is 4.79 Å². The summed E-state index contributed by atoms with van der Waals surface area (Å²) in [5, 5.41) is 3.54. The minimum Gasteiger partial charge on any atom is -0.497 e. The highest BCUT2D eigenvalue weighted by Crippen LogP contribution is 2.16. The van der Waals surface area contributed by atoms with Crippen LogP contribution in [-0.2, 0) is 0 Å². The van der Waals surface area contributed by atoms with Gasteiger partial charge >= 0.3 is 0 Å². The third-order valence-corrected chi connectivity index (χ3v) is 3.28. The van der Waals surface area contributed by atoms with E-state index in [1.54, 1.807) is 55.6 Å². The van der Waals surface area contributed by atoms with Crippen LogP contribution in [0.1, 0.15) is 17.3 Å². The standard InChI is InChI=1S/C17H18ClNO3/c1-12(11-22-15-8-6-14(18)7-9-15)19-17(20)13-4-3-5-16(10-13)21-2/h3-10,12H,11H2,1-2H3,(H,19,20)/t12-/m1/s1. The summed E-state index contributed by atoms with van der Waals surface area (Å²) in [5.41, 5.74) is 0.553. The molecule has 0 unspecified atom stereocenters. The van der Waals surface area contributed by atoms with E-state index in [0.29, 0.717) is 28.7 Å². The SMILES string of the molecule is COc1cccc(C(=O)N[C@H](C)COc2ccc(Cl)cc2)c1. The molecule has 0 fully saturated rings. The van der Waals surface area contributed by atoms with E-state index < -0.39 is 0 Å². The first-order valence-electron chi connectivity index (χ1n) is 6.92. The highest BCUT2D eigenvalue weighted by molar-refractivity contribution is 6.30. The summed E-state index contributed by atoms with van der Waals surface area (Å²) >= 11 is 5.81. The van der Waals surface area contributed by atoms with Crippen LogP contribution in [0.15, 0.2) is 48.5 Å². The molecular formula is C17H18ClNO3. The van der Waals surface area contributed by atoms with Gasteiger partial charge in [-0.25, -0.2) is 0 Å². The largest absolute Gasteiger partial charge is 0.497 e. The monoisotopic (exact) mass is 319 g/mol. The van der Waals surface area contributed by atoms with Crippen molar-refractivity contribution in [2.75, 3.05) is 13.7 Å².